The summed E-state index contributed by atoms with van der Waals surface area (Å²) in [6.45, 7) is 7.15. The van der Waals surface area contributed by atoms with E-state index >= 15 is 0 Å². The third kappa shape index (κ3) is 5.98. The lowest BCUT2D eigenvalue weighted by molar-refractivity contribution is -0.131. The van der Waals surface area contributed by atoms with Gasteiger partial charge in [-0.1, -0.05) is 19.1 Å². The van der Waals surface area contributed by atoms with Gasteiger partial charge in [-0.3, -0.25) is 9.59 Å². The van der Waals surface area contributed by atoms with Crippen molar-refractivity contribution < 1.29 is 14.3 Å². The molecule has 6 nitrogen and oxygen atoms in total. The van der Waals surface area contributed by atoms with Gasteiger partial charge >= 0.3 is 0 Å². The van der Waals surface area contributed by atoms with Gasteiger partial charge in [0.1, 0.15) is 5.75 Å². The van der Waals surface area contributed by atoms with E-state index in [1.165, 1.54) is 0 Å². The van der Waals surface area contributed by atoms with Crippen molar-refractivity contribution in [1.82, 2.24) is 4.90 Å². The fraction of sp³-hybridized carbons (Fsp3) is 0.391. The molecule has 0 atom stereocenters. The SMILES string of the molecule is CCCC(=O)N1CCN(c2ccc(NC(=O)COc3cccc(C)c3)cc2)CC1. The topological polar surface area (TPSA) is 61.9 Å². The van der Waals surface area contributed by atoms with E-state index in [0.717, 1.165) is 49.5 Å². The van der Waals surface area contributed by atoms with Crippen molar-refractivity contribution in [3.05, 3.63) is 54.1 Å². The number of amides is 2. The summed E-state index contributed by atoms with van der Waals surface area (Å²) in [5.74, 6) is 0.743. The maximum absolute atomic E-state index is 12.1. The fourth-order valence-electron chi connectivity index (χ4n) is 3.39. The highest BCUT2D eigenvalue weighted by Crippen LogP contribution is 2.20. The van der Waals surface area contributed by atoms with E-state index in [1.807, 2.05) is 67.3 Å². The molecule has 3 rings (SSSR count). The van der Waals surface area contributed by atoms with E-state index in [2.05, 4.69) is 10.2 Å². The van der Waals surface area contributed by atoms with Gasteiger partial charge in [-0.05, 0) is 55.3 Å². The summed E-state index contributed by atoms with van der Waals surface area (Å²) in [6.07, 6.45) is 1.52. The van der Waals surface area contributed by atoms with Crippen molar-refractivity contribution >= 4 is 23.2 Å². The van der Waals surface area contributed by atoms with Crippen LogP contribution in [0.2, 0.25) is 0 Å². The van der Waals surface area contributed by atoms with E-state index < -0.39 is 0 Å². The van der Waals surface area contributed by atoms with Crippen LogP contribution in [0.15, 0.2) is 48.5 Å². The quantitative estimate of drug-likeness (QED) is 0.780. The summed E-state index contributed by atoms with van der Waals surface area (Å²) < 4.78 is 5.53. The Hall–Kier alpha value is -3.02. The molecule has 0 bridgehead atoms. The van der Waals surface area contributed by atoms with Crippen LogP contribution in [0.1, 0.15) is 25.3 Å². The molecule has 0 aliphatic carbocycles. The minimum atomic E-state index is -0.192. The van der Waals surface area contributed by atoms with E-state index in [0.29, 0.717) is 12.2 Å². The number of rotatable bonds is 7. The number of nitrogens with zero attached hydrogens (tertiary/aromatic N) is 2. The molecule has 2 aromatic rings. The third-order valence-corrected chi connectivity index (χ3v) is 4.97. The highest BCUT2D eigenvalue weighted by atomic mass is 16.5. The van der Waals surface area contributed by atoms with Gasteiger partial charge in [-0.2, -0.15) is 0 Å². The number of hydrogen-bond acceptors (Lipinski definition) is 4. The van der Waals surface area contributed by atoms with Crippen LogP contribution in [-0.2, 0) is 9.59 Å². The highest BCUT2D eigenvalue weighted by Gasteiger charge is 2.20. The second-order valence-electron chi connectivity index (χ2n) is 7.32. The summed E-state index contributed by atoms with van der Waals surface area (Å²) in [6, 6.07) is 15.4. The molecule has 1 aliphatic heterocycles. The van der Waals surface area contributed by atoms with Gasteiger partial charge in [0.05, 0.1) is 0 Å². The fourth-order valence-corrected chi connectivity index (χ4v) is 3.39. The molecule has 0 unspecified atom stereocenters. The molecule has 154 valence electrons. The molecule has 29 heavy (non-hydrogen) atoms. The Kier molecular flexibility index (Phi) is 7.11. The first-order valence-electron chi connectivity index (χ1n) is 10.2. The first-order valence-corrected chi connectivity index (χ1v) is 10.2. The number of carbonyl (C=O) groups is 2. The normalized spacial score (nSPS) is 13.9. The first kappa shape index (κ1) is 20.7. The predicted molar refractivity (Wildman–Crippen MR) is 115 cm³/mol. The Morgan fingerprint density at radius 1 is 1.03 bits per heavy atom. The number of aryl methyl sites for hydroxylation is 1. The van der Waals surface area contributed by atoms with Crippen LogP contribution in [0.3, 0.4) is 0 Å². The van der Waals surface area contributed by atoms with Crippen LogP contribution in [0, 0.1) is 6.92 Å². The molecule has 1 heterocycles. The number of anilines is 2. The predicted octanol–water partition coefficient (Wildman–Crippen LogP) is 3.46. The van der Waals surface area contributed by atoms with Crippen molar-refractivity contribution in [2.75, 3.05) is 43.0 Å². The monoisotopic (exact) mass is 395 g/mol. The summed E-state index contributed by atoms with van der Waals surface area (Å²) in [5.41, 5.74) is 2.93. The van der Waals surface area contributed by atoms with Crippen LogP contribution in [0.25, 0.3) is 0 Å². The molecular weight excluding hydrogens is 366 g/mol. The minimum Gasteiger partial charge on any atom is -0.484 e. The van der Waals surface area contributed by atoms with Crippen molar-refractivity contribution in [2.45, 2.75) is 26.7 Å². The van der Waals surface area contributed by atoms with Crippen LogP contribution >= 0.6 is 0 Å². The zero-order chi connectivity index (χ0) is 20.6. The van der Waals surface area contributed by atoms with E-state index in [4.69, 9.17) is 4.74 Å². The molecule has 2 amide bonds. The third-order valence-electron chi connectivity index (χ3n) is 4.97. The average molecular weight is 396 g/mol. The Labute approximate surface area is 172 Å². The van der Waals surface area contributed by atoms with Crippen molar-refractivity contribution in [1.29, 1.82) is 0 Å². The smallest absolute Gasteiger partial charge is 0.262 e. The molecule has 0 radical (unpaired) electrons. The number of hydrogen-bond donors (Lipinski definition) is 1. The molecule has 6 heteroatoms. The van der Waals surface area contributed by atoms with Crippen LogP contribution in [0.4, 0.5) is 11.4 Å². The Balaban J connectivity index is 1.46. The maximum atomic E-state index is 12.1. The van der Waals surface area contributed by atoms with Gasteiger partial charge in [0.25, 0.3) is 5.91 Å². The number of nitrogens with one attached hydrogen (secondary N) is 1. The highest BCUT2D eigenvalue weighted by molar-refractivity contribution is 5.92. The number of benzene rings is 2. The molecule has 1 saturated heterocycles. The molecule has 0 aromatic heterocycles. The summed E-state index contributed by atoms with van der Waals surface area (Å²) >= 11 is 0. The van der Waals surface area contributed by atoms with Crippen molar-refractivity contribution in [3.8, 4) is 5.75 Å². The van der Waals surface area contributed by atoms with Gasteiger partial charge in [-0.25, -0.2) is 0 Å². The second-order valence-corrected chi connectivity index (χ2v) is 7.32. The van der Waals surface area contributed by atoms with Gasteiger partial charge < -0.3 is 19.9 Å². The standard InChI is InChI=1S/C23H29N3O3/c1-3-5-23(28)26-14-12-25(13-15-26)20-10-8-19(9-11-20)24-22(27)17-29-21-7-4-6-18(2)16-21/h4,6-11,16H,3,5,12-15,17H2,1-2H3,(H,24,27). The lowest BCUT2D eigenvalue weighted by atomic mass is 10.2. The van der Waals surface area contributed by atoms with Gasteiger partial charge in [0, 0.05) is 44.0 Å². The lowest BCUT2D eigenvalue weighted by Gasteiger charge is -2.36. The summed E-state index contributed by atoms with van der Waals surface area (Å²) in [7, 11) is 0. The molecule has 1 N–H and O–H groups in total. The van der Waals surface area contributed by atoms with E-state index in [9.17, 15) is 9.59 Å². The molecule has 1 aliphatic rings. The van der Waals surface area contributed by atoms with Crippen LogP contribution in [0.5, 0.6) is 5.75 Å². The average Bonchev–Trinajstić information content (AvgIpc) is 2.73. The zero-order valence-electron chi connectivity index (χ0n) is 17.2. The zero-order valence-corrected chi connectivity index (χ0v) is 17.2. The number of carbonyl (C=O) groups excluding carboxylic acids is 2. The first-order chi connectivity index (χ1) is 14.0. The van der Waals surface area contributed by atoms with Gasteiger partial charge in [0.2, 0.25) is 5.91 Å². The largest absolute Gasteiger partial charge is 0.484 e. The van der Waals surface area contributed by atoms with Crippen molar-refractivity contribution in [3.63, 3.8) is 0 Å². The minimum absolute atomic E-state index is 0.0288. The molecule has 1 fully saturated rings. The summed E-state index contributed by atoms with van der Waals surface area (Å²) in [5, 5.41) is 2.86. The second kappa shape index (κ2) is 9.96. The van der Waals surface area contributed by atoms with Crippen LogP contribution < -0.4 is 15.0 Å². The lowest BCUT2D eigenvalue weighted by Crippen LogP contribution is -2.48. The molecular formula is C23H29N3O3. The van der Waals surface area contributed by atoms with E-state index in [-0.39, 0.29) is 18.4 Å². The van der Waals surface area contributed by atoms with E-state index in [1.54, 1.807) is 0 Å². The Morgan fingerprint density at radius 2 is 1.76 bits per heavy atom. The summed E-state index contributed by atoms with van der Waals surface area (Å²) in [4.78, 5) is 28.3. The molecule has 2 aromatic carbocycles. The van der Waals surface area contributed by atoms with Crippen LogP contribution in [-0.4, -0.2) is 49.5 Å². The van der Waals surface area contributed by atoms with Gasteiger partial charge in [-0.15, -0.1) is 0 Å². The maximum Gasteiger partial charge on any atom is 0.262 e. The number of ether oxygens (including phenoxy) is 1. The van der Waals surface area contributed by atoms with Crippen molar-refractivity contribution in [2.24, 2.45) is 0 Å². The molecule has 0 spiro atoms. The number of piperazine rings is 1. The Morgan fingerprint density at radius 3 is 2.41 bits per heavy atom. The Bertz CT molecular complexity index is 828. The van der Waals surface area contributed by atoms with Gasteiger partial charge in [0.15, 0.2) is 6.61 Å². The molecule has 0 saturated carbocycles.